The zero-order valence-corrected chi connectivity index (χ0v) is 16.2. The normalized spacial score (nSPS) is 12.5. The molecule has 29 heavy (non-hydrogen) atoms. The minimum atomic E-state index is -0.401. The predicted octanol–water partition coefficient (Wildman–Crippen LogP) is 3.03. The van der Waals surface area contributed by atoms with Crippen LogP contribution in [0.15, 0.2) is 36.4 Å². The Kier molecular flexibility index (Phi) is 6.33. The number of ether oxygens (including phenoxy) is 3. The maximum absolute atomic E-state index is 12.3. The van der Waals surface area contributed by atoms with Crippen LogP contribution in [0.2, 0.25) is 0 Å². The van der Waals surface area contributed by atoms with E-state index >= 15 is 0 Å². The van der Waals surface area contributed by atoms with Crippen molar-refractivity contribution in [3.8, 4) is 17.2 Å². The van der Waals surface area contributed by atoms with Crippen LogP contribution in [0.25, 0.3) is 0 Å². The Hall–Kier alpha value is -3.55. The third-order valence-corrected chi connectivity index (χ3v) is 4.09. The first-order valence-corrected chi connectivity index (χ1v) is 9.17. The zero-order valence-electron chi connectivity index (χ0n) is 16.2. The number of Topliss-reactive ketones (excluding diaryl/α,β-unsaturated/α-hetero) is 1. The second kappa shape index (κ2) is 9.09. The lowest BCUT2D eigenvalue weighted by atomic mass is 10.1. The lowest BCUT2D eigenvalue weighted by Gasteiger charge is -2.14. The molecule has 1 aliphatic heterocycles. The summed E-state index contributed by atoms with van der Waals surface area (Å²) in [6.07, 6.45) is 0.792. The van der Waals surface area contributed by atoms with Gasteiger partial charge in [0, 0.05) is 30.7 Å². The molecule has 8 heteroatoms. The van der Waals surface area contributed by atoms with E-state index in [1.165, 1.54) is 19.9 Å². The molecule has 0 bridgehead atoms. The fraction of sp³-hybridized carbons (Fsp3) is 0.286. The van der Waals surface area contributed by atoms with Crippen molar-refractivity contribution in [1.29, 1.82) is 0 Å². The Morgan fingerprint density at radius 1 is 0.966 bits per heavy atom. The Balaban J connectivity index is 1.67. The van der Waals surface area contributed by atoms with Crippen molar-refractivity contribution in [2.45, 2.75) is 20.3 Å². The molecule has 2 aromatic rings. The van der Waals surface area contributed by atoms with E-state index in [2.05, 4.69) is 10.6 Å². The van der Waals surface area contributed by atoms with Crippen LogP contribution in [0.1, 0.15) is 30.6 Å². The predicted molar refractivity (Wildman–Crippen MR) is 107 cm³/mol. The van der Waals surface area contributed by atoms with Gasteiger partial charge in [-0.15, -0.1) is 0 Å². The van der Waals surface area contributed by atoms with Gasteiger partial charge in [-0.25, -0.2) is 0 Å². The minimum Gasteiger partial charge on any atom is -0.490 e. The molecule has 0 aromatic heterocycles. The molecule has 0 radical (unpaired) electrons. The third kappa shape index (κ3) is 5.47. The van der Waals surface area contributed by atoms with Gasteiger partial charge >= 0.3 is 0 Å². The van der Waals surface area contributed by atoms with Crippen LogP contribution >= 0.6 is 0 Å². The number of ketones is 1. The minimum absolute atomic E-state index is 0.152. The van der Waals surface area contributed by atoms with Crippen molar-refractivity contribution >= 4 is 29.0 Å². The van der Waals surface area contributed by atoms with E-state index in [0.717, 1.165) is 6.42 Å². The number of anilines is 2. The van der Waals surface area contributed by atoms with Gasteiger partial charge in [-0.3, -0.25) is 14.4 Å². The number of carbonyl (C=O) groups excluding carboxylic acids is 3. The number of benzene rings is 2. The maximum atomic E-state index is 12.3. The lowest BCUT2D eigenvalue weighted by molar-refractivity contribution is -0.118. The van der Waals surface area contributed by atoms with Gasteiger partial charge in [0.2, 0.25) is 5.91 Å². The largest absolute Gasteiger partial charge is 0.490 e. The van der Waals surface area contributed by atoms with Crippen molar-refractivity contribution in [3.05, 3.63) is 42.0 Å². The van der Waals surface area contributed by atoms with E-state index in [0.29, 0.717) is 41.7 Å². The van der Waals surface area contributed by atoms with Crippen molar-refractivity contribution in [2.24, 2.45) is 0 Å². The Labute approximate surface area is 168 Å². The molecule has 1 heterocycles. The summed E-state index contributed by atoms with van der Waals surface area (Å²) in [5.74, 6) is 0.604. The first kappa shape index (κ1) is 20.2. The van der Waals surface area contributed by atoms with E-state index in [-0.39, 0.29) is 24.0 Å². The summed E-state index contributed by atoms with van der Waals surface area (Å²) < 4.78 is 16.7. The van der Waals surface area contributed by atoms with Crippen LogP contribution in [-0.4, -0.2) is 37.4 Å². The standard InChI is InChI=1S/C21H22N2O6/c1-13(24)15-4-6-17(22-14(2)25)19(10-15)29-12-21(26)23-16-5-7-18-20(11-16)28-9-3-8-27-18/h4-7,10-11H,3,8-9,12H2,1-2H3,(H,22,25)(H,23,26). The molecular weight excluding hydrogens is 376 g/mol. The Morgan fingerprint density at radius 2 is 1.72 bits per heavy atom. The summed E-state index contributed by atoms with van der Waals surface area (Å²) in [6, 6.07) is 9.78. The number of carbonyl (C=O) groups is 3. The highest BCUT2D eigenvalue weighted by Crippen LogP contribution is 2.32. The summed E-state index contributed by atoms with van der Waals surface area (Å²) in [4.78, 5) is 35.3. The van der Waals surface area contributed by atoms with Crippen molar-refractivity contribution in [1.82, 2.24) is 0 Å². The number of hydrogen-bond donors (Lipinski definition) is 2. The van der Waals surface area contributed by atoms with Gasteiger partial charge in [0.05, 0.1) is 18.9 Å². The molecule has 152 valence electrons. The molecular formula is C21H22N2O6. The molecule has 0 atom stereocenters. The third-order valence-electron chi connectivity index (χ3n) is 4.09. The van der Waals surface area contributed by atoms with Gasteiger partial charge in [-0.05, 0) is 37.3 Å². The van der Waals surface area contributed by atoms with Gasteiger partial charge in [0.15, 0.2) is 23.9 Å². The number of amides is 2. The molecule has 2 amide bonds. The fourth-order valence-electron chi connectivity index (χ4n) is 2.74. The molecule has 3 rings (SSSR count). The van der Waals surface area contributed by atoms with Gasteiger partial charge in [-0.2, -0.15) is 0 Å². The summed E-state index contributed by atoms with van der Waals surface area (Å²) in [7, 11) is 0. The number of nitrogens with one attached hydrogen (secondary N) is 2. The van der Waals surface area contributed by atoms with Crippen LogP contribution in [-0.2, 0) is 9.59 Å². The van der Waals surface area contributed by atoms with Crippen molar-refractivity contribution < 1.29 is 28.6 Å². The Bertz CT molecular complexity index is 941. The molecule has 0 aliphatic carbocycles. The van der Waals surface area contributed by atoms with Crippen LogP contribution in [0.4, 0.5) is 11.4 Å². The fourth-order valence-corrected chi connectivity index (χ4v) is 2.74. The summed E-state index contributed by atoms with van der Waals surface area (Å²) >= 11 is 0. The molecule has 0 spiro atoms. The molecule has 0 saturated heterocycles. The zero-order chi connectivity index (χ0) is 20.8. The first-order chi connectivity index (χ1) is 13.9. The van der Waals surface area contributed by atoms with Gasteiger partial charge in [-0.1, -0.05) is 0 Å². The number of rotatable bonds is 6. The van der Waals surface area contributed by atoms with Crippen LogP contribution in [0.3, 0.4) is 0 Å². The second-order valence-corrected chi connectivity index (χ2v) is 6.50. The van der Waals surface area contributed by atoms with Crippen LogP contribution in [0, 0.1) is 0 Å². The summed E-state index contributed by atoms with van der Waals surface area (Å²) in [5, 5.41) is 5.34. The summed E-state index contributed by atoms with van der Waals surface area (Å²) in [5.41, 5.74) is 1.34. The van der Waals surface area contributed by atoms with Gasteiger partial charge < -0.3 is 24.8 Å². The van der Waals surface area contributed by atoms with Crippen LogP contribution in [0.5, 0.6) is 17.2 Å². The van der Waals surface area contributed by atoms with Crippen LogP contribution < -0.4 is 24.8 Å². The highest BCUT2D eigenvalue weighted by atomic mass is 16.5. The van der Waals surface area contributed by atoms with Gasteiger partial charge in [0.1, 0.15) is 5.75 Å². The quantitative estimate of drug-likeness (QED) is 0.725. The molecule has 2 aromatic carbocycles. The number of fused-ring (bicyclic) bond motifs is 1. The molecule has 0 saturated carbocycles. The van der Waals surface area contributed by atoms with E-state index in [1.54, 1.807) is 30.3 Å². The van der Waals surface area contributed by atoms with E-state index in [1.807, 2.05) is 0 Å². The number of hydrogen-bond acceptors (Lipinski definition) is 6. The molecule has 0 fully saturated rings. The molecule has 8 nitrogen and oxygen atoms in total. The SMILES string of the molecule is CC(=O)Nc1ccc(C(C)=O)cc1OCC(=O)Nc1ccc2c(c1)OCCCO2. The van der Waals surface area contributed by atoms with E-state index in [4.69, 9.17) is 14.2 Å². The van der Waals surface area contributed by atoms with Crippen molar-refractivity contribution in [2.75, 3.05) is 30.5 Å². The lowest BCUT2D eigenvalue weighted by Crippen LogP contribution is -2.21. The summed E-state index contributed by atoms with van der Waals surface area (Å²) in [6.45, 7) is 3.62. The first-order valence-electron chi connectivity index (χ1n) is 9.17. The highest BCUT2D eigenvalue weighted by Gasteiger charge is 2.14. The monoisotopic (exact) mass is 398 g/mol. The average Bonchev–Trinajstić information content (AvgIpc) is 2.91. The van der Waals surface area contributed by atoms with E-state index in [9.17, 15) is 14.4 Å². The maximum Gasteiger partial charge on any atom is 0.262 e. The van der Waals surface area contributed by atoms with Crippen molar-refractivity contribution in [3.63, 3.8) is 0 Å². The molecule has 1 aliphatic rings. The smallest absolute Gasteiger partial charge is 0.262 e. The second-order valence-electron chi connectivity index (χ2n) is 6.50. The van der Waals surface area contributed by atoms with E-state index < -0.39 is 5.91 Å². The molecule has 0 unspecified atom stereocenters. The Morgan fingerprint density at radius 3 is 2.45 bits per heavy atom. The van der Waals surface area contributed by atoms with Gasteiger partial charge in [0.25, 0.3) is 5.91 Å². The highest BCUT2D eigenvalue weighted by molar-refractivity contribution is 5.97. The topological polar surface area (TPSA) is 103 Å². The average molecular weight is 398 g/mol. The molecule has 2 N–H and O–H groups in total.